The van der Waals surface area contributed by atoms with E-state index in [0.29, 0.717) is 5.75 Å². The van der Waals surface area contributed by atoms with E-state index in [2.05, 4.69) is 41.5 Å². The molecule has 132 valence electrons. The number of unbranched alkanes of at least 4 members (excludes halogenated alkanes) is 6. The molecule has 1 aromatic carbocycles. The van der Waals surface area contributed by atoms with Gasteiger partial charge in [0, 0.05) is 0 Å². The molecule has 0 aliphatic heterocycles. The van der Waals surface area contributed by atoms with Crippen LogP contribution in [0.4, 0.5) is 0 Å². The molecule has 0 saturated heterocycles. The highest BCUT2D eigenvalue weighted by molar-refractivity contribution is 5.51. The first-order valence-electron chi connectivity index (χ1n) is 9.67. The summed E-state index contributed by atoms with van der Waals surface area (Å²) in [4.78, 5) is 0. The molecule has 0 spiro atoms. The monoisotopic (exact) mass is 318 g/mol. The van der Waals surface area contributed by atoms with Crippen molar-refractivity contribution in [3.05, 3.63) is 28.3 Å². The van der Waals surface area contributed by atoms with Gasteiger partial charge in [0.2, 0.25) is 0 Å². The number of hydrogen-bond donors (Lipinski definition) is 1. The lowest BCUT2D eigenvalue weighted by molar-refractivity contribution is 0.466. The summed E-state index contributed by atoms with van der Waals surface area (Å²) in [5, 5.41) is 10.3. The van der Waals surface area contributed by atoms with Crippen molar-refractivity contribution in [1.29, 1.82) is 0 Å². The number of benzene rings is 1. The van der Waals surface area contributed by atoms with E-state index in [1.165, 1.54) is 61.6 Å². The third kappa shape index (κ3) is 5.86. The molecule has 1 aromatic rings. The maximum Gasteiger partial charge on any atom is 0.119 e. The Balaban J connectivity index is 2.79. The predicted octanol–water partition coefficient (Wildman–Crippen LogP) is 6.85. The first kappa shape index (κ1) is 20.1. The Kier molecular flexibility index (Phi) is 8.16. The highest BCUT2D eigenvalue weighted by Gasteiger charge is 2.23. The average Bonchev–Trinajstić information content (AvgIpc) is 2.48. The fourth-order valence-corrected chi connectivity index (χ4v) is 3.73. The highest BCUT2D eigenvalue weighted by atomic mass is 16.3. The standard InChI is InChI=1S/C22H38O/c1-7-9-10-11-12-13-14-15-18-16-20(23)17(3)19(8-2)21(18)22(4,5)6/h16,23H,7-15H2,1-6H3. The second-order valence-electron chi connectivity index (χ2n) is 8.01. The van der Waals surface area contributed by atoms with Crippen LogP contribution in [0.25, 0.3) is 0 Å². The summed E-state index contributed by atoms with van der Waals surface area (Å²) in [7, 11) is 0. The molecule has 0 radical (unpaired) electrons. The minimum atomic E-state index is 0.139. The number of phenols is 1. The van der Waals surface area contributed by atoms with Gasteiger partial charge in [-0.1, -0.05) is 73.1 Å². The van der Waals surface area contributed by atoms with Crippen LogP contribution in [-0.2, 0) is 18.3 Å². The highest BCUT2D eigenvalue weighted by Crippen LogP contribution is 2.36. The summed E-state index contributed by atoms with van der Waals surface area (Å²) in [5.41, 5.74) is 5.41. The minimum Gasteiger partial charge on any atom is -0.508 e. The van der Waals surface area contributed by atoms with Crippen LogP contribution in [-0.4, -0.2) is 5.11 Å². The molecule has 0 aromatic heterocycles. The van der Waals surface area contributed by atoms with E-state index in [1.807, 2.05) is 6.07 Å². The van der Waals surface area contributed by atoms with Crippen molar-refractivity contribution < 1.29 is 5.11 Å². The molecule has 1 rings (SSSR count). The molecule has 1 N–H and O–H groups in total. The summed E-state index contributed by atoms with van der Waals surface area (Å²) >= 11 is 0. The third-order valence-electron chi connectivity index (χ3n) is 4.92. The molecular weight excluding hydrogens is 280 g/mol. The first-order valence-corrected chi connectivity index (χ1v) is 9.67. The van der Waals surface area contributed by atoms with Crippen LogP contribution in [0.3, 0.4) is 0 Å². The van der Waals surface area contributed by atoms with Crippen molar-refractivity contribution in [2.24, 2.45) is 0 Å². The van der Waals surface area contributed by atoms with Gasteiger partial charge in [0.25, 0.3) is 0 Å². The Morgan fingerprint density at radius 2 is 1.48 bits per heavy atom. The van der Waals surface area contributed by atoms with Gasteiger partial charge in [0.05, 0.1) is 0 Å². The Hall–Kier alpha value is -0.980. The maximum absolute atomic E-state index is 10.3. The van der Waals surface area contributed by atoms with Crippen LogP contribution in [0.5, 0.6) is 5.75 Å². The van der Waals surface area contributed by atoms with Gasteiger partial charge in [-0.25, -0.2) is 0 Å². The van der Waals surface area contributed by atoms with Crippen molar-refractivity contribution in [3.63, 3.8) is 0 Å². The van der Waals surface area contributed by atoms with E-state index in [1.54, 1.807) is 0 Å². The summed E-state index contributed by atoms with van der Waals surface area (Å²) in [6, 6.07) is 2.03. The fourth-order valence-electron chi connectivity index (χ4n) is 3.73. The maximum atomic E-state index is 10.3. The van der Waals surface area contributed by atoms with Gasteiger partial charge >= 0.3 is 0 Å². The molecule has 23 heavy (non-hydrogen) atoms. The zero-order valence-corrected chi connectivity index (χ0v) is 16.4. The van der Waals surface area contributed by atoms with E-state index >= 15 is 0 Å². The molecule has 0 bridgehead atoms. The topological polar surface area (TPSA) is 20.2 Å². The van der Waals surface area contributed by atoms with E-state index in [0.717, 1.165) is 18.4 Å². The number of aromatic hydroxyl groups is 1. The second-order valence-corrected chi connectivity index (χ2v) is 8.01. The van der Waals surface area contributed by atoms with Crippen LogP contribution in [0.2, 0.25) is 0 Å². The Morgan fingerprint density at radius 3 is 2.00 bits per heavy atom. The van der Waals surface area contributed by atoms with Gasteiger partial charge in [-0.3, -0.25) is 0 Å². The van der Waals surface area contributed by atoms with Crippen molar-refractivity contribution in [3.8, 4) is 5.75 Å². The molecule has 0 aliphatic carbocycles. The van der Waals surface area contributed by atoms with Gasteiger partial charge in [-0.2, -0.15) is 0 Å². The molecule has 1 nitrogen and oxygen atoms in total. The third-order valence-corrected chi connectivity index (χ3v) is 4.92. The van der Waals surface area contributed by atoms with E-state index < -0.39 is 0 Å². The van der Waals surface area contributed by atoms with Crippen molar-refractivity contribution in [1.82, 2.24) is 0 Å². The van der Waals surface area contributed by atoms with Crippen LogP contribution >= 0.6 is 0 Å². The van der Waals surface area contributed by atoms with Crippen molar-refractivity contribution in [2.45, 2.75) is 105 Å². The molecule has 0 fully saturated rings. The van der Waals surface area contributed by atoms with E-state index in [-0.39, 0.29) is 5.41 Å². The van der Waals surface area contributed by atoms with Crippen molar-refractivity contribution in [2.75, 3.05) is 0 Å². The lowest BCUT2D eigenvalue weighted by Crippen LogP contribution is -2.18. The summed E-state index contributed by atoms with van der Waals surface area (Å²) in [5.74, 6) is 0.479. The summed E-state index contributed by atoms with van der Waals surface area (Å²) in [6.07, 6.45) is 11.4. The lowest BCUT2D eigenvalue weighted by atomic mass is 9.77. The Morgan fingerprint density at radius 1 is 0.913 bits per heavy atom. The molecule has 0 atom stereocenters. The zero-order chi connectivity index (χ0) is 17.5. The minimum absolute atomic E-state index is 0.139. The number of aryl methyl sites for hydroxylation is 1. The van der Waals surface area contributed by atoms with Crippen molar-refractivity contribution >= 4 is 0 Å². The van der Waals surface area contributed by atoms with Gasteiger partial charge in [0.15, 0.2) is 0 Å². The van der Waals surface area contributed by atoms with Gasteiger partial charge in [-0.15, -0.1) is 0 Å². The predicted molar refractivity (Wildman–Crippen MR) is 103 cm³/mol. The van der Waals surface area contributed by atoms with Crippen LogP contribution in [0, 0.1) is 6.92 Å². The quantitative estimate of drug-likeness (QED) is 0.493. The van der Waals surface area contributed by atoms with Crippen LogP contribution < -0.4 is 0 Å². The zero-order valence-electron chi connectivity index (χ0n) is 16.4. The molecular formula is C22H38O. The summed E-state index contributed by atoms with van der Waals surface area (Å²) in [6.45, 7) is 13.4. The van der Waals surface area contributed by atoms with Gasteiger partial charge < -0.3 is 5.11 Å². The molecule has 1 heteroatoms. The number of rotatable bonds is 9. The van der Waals surface area contributed by atoms with E-state index in [9.17, 15) is 5.11 Å². The Labute approximate surface area is 144 Å². The number of hydrogen-bond acceptors (Lipinski definition) is 1. The normalized spacial score (nSPS) is 11.9. The van der Waals surface area contributed by atoms with Crippen LogP contribution in [0.15, 0.2) is 6.07 Å². The van der Waals surface area contributed by atoms with Gasteiger partial charge in [0.1, 0.15) is 5.75 Å². The lowest BCUT2D eigenvalue weighted by Gasteiger charge is -2.28. The molecule has 0 amide bonds. The second kappa shape index (κ2) is 9.35. The molecule has 0 saturated carbocycles. The number of phenolic OH excluding ortho intramolecular Hbond substituents is 1. The molecule has 0 unspecified atom stereocenters. The first-order chi connectivity index (χ1) is 10.8. The molecule has 0 heterocycles. The SMILES string of the molecule is CCCCCCCCCc1cc(O)c(C)c(CC)c1C(C)(C)C. The molecule has 0 aliphatic rings. The van der Waals surface area contributed by atoms with Gasteiger partial charge in [-0.05, 0) is 59.9 Å². The van der Waals surface area contributed by atoms with Crippen LogP contribution in [0.1, 0.15) is 102 Å². The fraction of sp³-hybridized carbons (Fsp3) is 0.727. The average molecular weight is 319 g/mol. The van der Waals surface area contributed by atoms with E-state index in [4.69, 9.17) is 0 Å². The summed E-state index contributed by atoms with van der Waals surface area (Å²) < 4.78 is 0. The smallest absolute Gasteiger partial charge is 0.119 e. The largest absolute Gasteiger partial charge is 0.508 e. The Bertz CT molecular complexity index is 480.